The second-order valence-electron chi connectivity index (χ2n) is 4.64. The molecule has 1 rings (SSSR count). The number of methoxy groups -OCH3 is 3. The van der Waals surface area contributed by atoms with Crippen molar-refractivity contribution in [3.05, 3.63) is 17.7 Å². The van der Waals surface area contributed by atoms with E-state index >= 15 is 0 Å². The molecule has 0 fully saturated rings. The molecule has 0 aliphatic rings. The van der Waals surface area contributed by atoms with E-state index in [4.69, 9.17) is 18.7 Å². The highest BCUT2D eigenvalue weighted by atomic mass is 31.2. The molecule has 1 aromatic carbocycles. The molecule has 23 heavy (non-hydrogen) atoms. The third-order valence-electron chi connectivity index (χ3n) is 3.17. The van der Waals surface area contributed by atoms with E-state index in [1.807, 2.05) is 0 Å². The Morgan fingerprint density at radius 1 is 1.22 bits per heavy atom. The second-order valence-corrected chi connectivity index (χ2v) is 7.23. The Bertz CT molecular complexity index is 641. The molecule has 1 aromatic rings. The van der Waals surface area contributed by atoms with E-state index in [1.54, 1.807) is 13.0 Å². The van der Waals surface area contributed by atoms with E-state index in [2.05, 4.69) is 0 Å². The summed E-state index contributed by atoms with van der Waals surface area (Å²) >= 11 is 0. The van der Waals surface area contributed by atoms with Gasteiger partial charge in [0.2, 0.25) is 13.1 Å². The first-order chi connectivity index (χ1) is 10.9. The number of rotatable bonds is 8. The van der Waals surface area contributed by atoms with Gasteiger partial charge in [0.15, 0.2) is 22.9 Å². The van der Waals surface area contributed by atoms with Gasteiger partial charge in [-0.25, -0.2) is 0 Å². The number of ether oxygens (including phenoxy) is 3. The number of hydrogen-bond acceptors (Lipinski definition) is 7. The summed E-state index contributed by atoms with van der Waals surface area (Å²) < 4.78 is 33.1. The topological polar surface area (TPSA) is 94.9 Å². The van der Waals surface area contributed by atoms with Crippen LogP contribution in [0.5, 0.6) is 17.2 Å². The maximum absolute atomic E-state index is 12.6. The predicted molar refractivity (Wildman–Crippen MR) is 85.0 cm³/mol. The van der Waals surface area contributed by atoms with Gasteiger partial charge in [0, 0.05) is 12.2 Å². The number of carbonyl (C=O) groups is 1. The molecule has 0 aromatic heterocycles. The van der Waals surface area contributed by atoms with Gasteiger partial charge in [-0.05, 0) is 19.1 Å². The van der Waals surface area contributed by atoms with Gasteiger partial charge in [-0.2, -0.15) is 5.26 Å². The van der Waals surface area contributed by atoms with E-state index in [9.17, 15) is 14.6 Å². The van der Waals surface area contributed by atoms with Gasteiger partial charge in [-0.1, -0.05) is 0 Å². The summed E-state index contributed by atoms with van der Waals surface area (Å²) in [6.45, 7) is 3.07. The number of ketones is 1. The molecule has 0 saturated carbocycles. The first kappa shape index (κ1) is 19.0. The van der Waals surface area contributed by atoms with E-state index in [1.165, 1.54) is 40.1 Å². The molecule has 8 heteroatoms. The van der Waals surface area contributed by atoms with E-state index < -0.39 is 18.8 Å². The third-order valence-corrected chi connectivity index (χ3v) is 5.23. The molecule has 0 bridgehead atoms. The lowest BCUT2D eigenvalue weighted by molar-refractivity contribution is 0.0995. The summed E-state index contributed by atoms with van der Waals surface area (Å²) in [7, 11) is 0.856. The fourth-order valence-electron chi connectivity index (χ4n) is 2.09. The highest BCUT2D eigenvalue weighted by Crippen LogP contribution is 2.49. The Labute approximate surface area is 135 Å². The van der Waals surface area contributed by atoms with Gasteiger partial charge in [-0.3, -0.25) is 9.36 Å². The predicted octanol–water partition coefficient (Wildman–Crippen LogP) is 2.73. The Balaban J connectivity index is 3.37. The van der Waals surface area contributed by atoms with Crippen LogP contribution in [0.4, 0.5) is 0 Å². The number of hydrogen-bond donors (Lipinski definition) is 0. The standard InChI is InChI=1S/C15H20NO6P/c1-6-22-23(5,18)13(9-16)14(17)10-7-11(19-2)15(21-4)12(8-10)20-3/h7-8,13H,6H2,1-5H3. The highest BCUT2D eigenvalue weighted by molar-refractivity contribution is 7.60. The lowest BCUT2D eigenvalue weighted by Crippen LogP contribution is -2.20. The average Bonchev–Trinajstić information content (AvgIpc) is 2.53. The minimum absolute atomic E-state index is 0.132. The normalized spacial score (nSPS) is 14.3. The van der Waals surface area contributed by atoms with Crippen LogP contribution in [-0.4, -0.2) is 46.0 Å². The lowest BCUT2D eigenvalue weighted by atomic mass is 10.1. The van der Waals surface area contributed by atoms with Crippen LogP contribution in [-0.2, 0) is 9.09 Å². The molecule has 2 atom stereocenters. The molecular formula is C15H20NO6P. The Morgan fingerprint density at radius 3 is 2.09 bits per heavy atom. The van der Waals surface area contributed by atoms with Gasteiger partial charge in [0.25, 0.3) is 0 Å². The zero-order valence-corrected chi connectivity index (χ0v) is 14.7. The van der Waals surface area contributed by atoms with Crippen LogP contribution in [0.3, 0.4) is 0 Å². The SMILES string of the molecule is CCOP(C)(=O)C(C#N)C(=O)c1cc(OC)c(OC)c(OC)c1. The maximum atomic E-state index is 12.6. The highest BCUT2D eigenvalue weighted by Gasteiger charge is 2.36. The number of carbonyl (C=O) groups excluding carboxylic acids is 1. The van der Waals surface area contributed by atoms with Gasteiger partial charge in [-0.15, -0.1) is 0 Å². The summed E-state index contributed by atoms with van der Waals surface area (Å²) in [5.41, 5.74) is -1.27. The summed E-state index contributed by atoms with van der Waals surface area (Å²) in [4.78, 5) is 12.6. The molecular weight excluding hydrogens is 321 g/mol. The molecule has 0 N–H and O–H groups in total. The largest absolute Gasteiger partial charge is 0.493 e. The zero-order chi connectivity index (χ0) is 17.6. The molecule has 0 spiro atoms. The van der Waals surface area contributed by atoms with Crippen LogP contribution in [0.1, 0.15) is 17.3 Å². The fraction of sp³-hybridized carbons (Fsp3) is 0.467. The molecule has 126 valence electrons. The summed E-state index contributed by atoms with van der Waals surface area (Å²) in [6, 6.07) is 4.61. The van der Waals surface area contributed by atoms with Crippen molar-refractivity contribution in [3.8, 4) is 23.3 Å². The fourth-order valence-corrected chi connectivity index (χ4v) is 3.54. The van der Waals surface area contributed by atoms with E-state index in [-0.39, 0.29) is 23.7 Å². The first-order valence-electron chi connectivity index (χ1n) is 6.81. The summed E-state index contributed by atoms with van der Waals surface area (Å²) in [5, 5.41) is 9.26. The monoisotopic (exact) mass is 341 g/mol. The van der Waals surface area contributed by atoms with Crippen LogP contribution in [0.25, 0.3) is 0 Å². The Hall–Kier alpha value is -2.03. The van der Waals surface area contributed by atoms with Crippen molar-refractivity contribution in [2.24, 2.45) is 0 Å². The third kappa shape index (κ3) is 4.04. The van der Waals surface area contributed by atoms with Crippen molar-refractivity contribution in [1.82, 2.24) is 0 Å². The summed E-state index contributed by atoms with van der Waals surface area (Å²) in [6.07, 6.45) is 0. The van der Waals surface area contributed by atoms with Gasteiger partial charge in [0.1, 0.15) is 0 Å². The molecule has 0 radical (unpaired) electrons. The minimum atomic E-state index is -3.41. The number of nitriles is 1. The Morgan fingerprint density at radius 2 is 1.74 bits per heavy atom. The molecule has 0 amide bonds. The molecule has 0 saturated heterocycles. The molecule has 0 heterocycles. The zero-order valence-electron chi connectivity index (χ0n) is 13.8. The van der Waals surface area contributed by atoms with E-state index in [0.717, 1.165) is 0 Å². The average molecular weight is 341 g/mol. The Kier molecular flexibility index (Phi) is 6.62. The van der Waals surface area contributed by atoms with Gasteiger partial charge >= 0.3 is 0 Å². The van der Waals surface area contributed by atoms with Crippen molar-refractivity contribution in [1.29, 1.82) is 5.26 Å². The number of Topliss-reactive ketones (excluding diaryl/α,β-unsaturated/α-hetero) is 1. The quantitative estimate of drug-likeness (QED) is 0.530. The number of nitrogens with zero attached hydrogens (tertiary/aromatic N) is 1. The lowest BCUT2D eigenvalue weighted by Gasteiger charge is -2.18. The van der Waals surface area contributed by atoms with Crippen molar-refractivity contribution in [2.75, 3.05) is 34.6 Å². The van der Waals surface area contributed by atoms with Crippen LogP contribution in [0.2, 0.25) is 0 Å². The first-order valence-corrected chi connectivity index (χ1v) is 8.95. The maximum Gasteiger partial charge on any atom is 0.224 e. The van der Waals surface area contributed by atoms with Gasteiger partial charge in [0.05, 0.1) is 34.0 Å². The van der Waals surface area contributed by atoms with Crippen molar-refractivity contribution in [3.63, 3.8) is 0 Å². The molecule has 0 aliphatic heterocycles. The molecule has 7 nitrogen and oxygen atoms in total. The van der Waals surface area contributed by atoms with Crippen LogP contribution in [0, 0.1) is 11.3 Å². The second kappa shape index (κ2) is 8.00. The van der Waals surface area contributed by atoms with Crippen molar-refractivity contribution >= 4 is 13.2 Å². The van der Waals surface area contributed by atoms with Crippen molar-refractivity contribution in [2.45, 2.75) is 12.6 Å². The van der Waals surface area contributed by atoms with Gasteiger partial charge < -0.3 is 18.7 Å². The van der Waals surface area contributed by atoms with Crippen LogP contribution in [0.15, 0.2) is 12.1 Å². The number of benzene rings is 1. The minimum Gasteiger partial charge on any atom is -0.493 e. The van der Waals surface area contributed by atoms with Crippen LogP contribution >= 0.6 is 7.37 Å². The van der Waals surface area contributed by atoms with Crippen molar-refractivity contribution < 1.29 is 28.1 Å². The molecule has 0 aliphatic carbocycles. The van der Waals surface area contributed by atoms with E-state index in [0.29, 0.717) is 5.75 Å². The smallest absolute Gasteiger partial charge is 0.224 e. The van der Waals surface area contributed by atoms with Crippen LogP contribution < -0.4 is 14.2 Å². The molecule has 2 unspecified atom stereocenters. The summed E-state index contributed by atoms with van der Waals surface area (Å²) in [5.74, 6) is 0.249.